The Balaban J connectivity index is 1.13. The molecule has 0 aromatic heterocycles. The van der Waals surface area contributed by atoms with Crippen molar-refractivity contribution in [2.24, 2.45) is 5.92 Å². The minimum atomic E-state index is -3.91. The van der Waals surface area contributed by atoms with E-state index in [1.54, 1.807) is 19.1 Å². The van der Waals surface area contributed by atoms with Crippen molar-refractivity contribution in [2.75, 3.05) is 6.54 Å². The summed E-state index contributed by atoms with van der Waals surface area (Å²) in [5, 5.41) is 4.84. The van der Waals surface area contributed by atoms with E-state index in [1.807, 2.05) is 12.2 Å². The number of hydrogen-bond acceptors (Lipinski definition) is 9. The smallest absolute Gasteiger partial charge is 0.410 e. The summed E-state index contributed by atoms with van der Waals surface area (Å²) >= 11 is 0. The van der Waals surface area contributed by atoms with E-state index in [0.29, 0.717) is 49.7 Å². The number of nitrogens with zero attached hydrogens (tertiary/aromatic N) is 2. The molecule has 16 heteroatoms. The maximum Gasteiger partial charge on any atom is 0.410 e. The molecule has 3 aliphatic carbocycles. The van der Waals surface area contributed by atoms with Crippen LogP contribution in [0.3, 0.4) is 0 Å². The Morgan fingerprint density at radius 2 is 1.84 bits per heavy atom. The molecule has 3 N–H and O–H groups in total. The summed E-state index contributed by atoms with van der Waals surface area (Å²) in [5.41, 5.74) is -1.09. The number of sulfonamides is 1. The molecule has 0 unspecified atom stereocenters. The van der Waals surface area contributed by atoms with Crippen molar-refractivity contribution in [2.45, 2.75) is 125 Å². The quantitative estimate of drug-likeness (QED) is 0.371. The Kier molecular flexibility index (Phi) is 9.25. The molecule has 0 spiro atoms. The Bertz CT molecular complexity index is 1760. The van der Waals surface area contributed by atoms with Gasteiger partial charge in [-0.1, -0.05) is 37.1 Å². The molecule has 1 saturated heterocycles. The van der Waals surface area contributed by atoms with Crippen LogP contribution in [0.5, 0.6) is 0 Å². The van der Waals surface area contributed by atoms with Gasteiger partial charge in [-0.2, -0.15) is 0 Å². The zero-order valence-corrected chi connectivity index (χ0v) is 29.3. The Hall–Kier alpha value is -4.21. The minimum absolute atomic E-state index is 0.00342. The lowest BCUT2D eigenvalue weighted by molar-refractivity contribution is -0.141. The van der Waals surface area contributed by atoms with Gasteiger partial charge in [-0.05, 0) is 69.9 Å². The number of nitrogens with one attached hydrogen (secondary N) is 3. The maximum absolute atomic E-state index is 14.4. The number of benzene rings is 1. The van der Waals surface area contributed by atoms with Crippen LogP contribution in [-0.2, 0) is 47.0 Å². The van der Waals surface area contributed by atoms with E-state index < -0.39 is 86.2 Å². The molecule has 14 nitrogen and oxygen atoms in total. The number of rotatable bonds is 6. The second-order valence-corrected chi connectivity index (χ2v) is 17.0. The van der Waals surface area contributed by atoms with Crippen LogP contribution in [0.25, 0.3) is 0 Å². The van der Waals surface area contributed by atoms with Gasteiger partial charge in [-0.15, -0.1) is 0 Å². The number of ether oxygens (including phenoxy) is 2. The van der Waals surface area contributed by atoms with Crippen LogP contribution in [0.2, 0.25) is 0 Å². The number of halogens is 1. The first-order chi connectivity index (χ1) is 24.3. The molecule has 6 aliphatic rings. The third-order valence-electron chi connectivity index (χ3n) is 10.9. The fourth-order valence-corrected chi connectivity index (χ4v) is 8.61. The number of fused-ring (bicyclic) bond motifs is 3. The van der Waals surface area contributed by atoms with Crippen LogP contribution >= 0.6 is 0 Å². The van der Waals surface area contributed by atoms with E-state index in [-0.39, 0.29) is 38.9 Å². The molecule has 276 valence electrons. The van der Waals surface area contributed by atoms with Crippen molar-refractivity contribution in [3.8, 4) is 0 Å². The Labute approximate surface area is 295 Å². The standard InChI is InChI=1S/C35H44FN5O9S/c1-34(14-15-34)50-32(45)37-27-11-6-4-2-3-5-9-22-17-35(22,31(44)39-51(47,48)24-12-13-24)38-29(42)28-16-23(19-41(28)30(27)43)49-33(46)40-18-21-8-7-10-26(36)25(21)20-40/h5,7-10,22-24,27-28H,2-4,6,11-20H2,1H3,(H,37,45)(H,38,42)(H,39,44)/b9-5-/t22-,23-,27+,28+,35-/m1/s1. The summed E-state index contributed by atoms with van der Waals surface area (Å²) in [6.45, 7) is 1.76. The molecule has 51 heavy (non-hydrogen) atoms. The zero-order chi connectivity index (χ0) is 36.1. The van der Waals surface area contributed by atoms with Crippen LogP contribution in [0.4, 0.5) is 14.0 Å². The van der Waals surface area contributed by atoms with Crippen LogP contribution in [0.15, 0.2) is 30.4 Å². The van der Waals surface area contributed by atoms with E-state index in [4.69, 9.17) is 9.47 Å². The van der Waals surface area contributed by atoms with Gasteiger partial charge in [0.25, 0.3) is 5.91 Å². The molecule has 7 rings (SSSR count). The summed E-state index contributed by atoms with van der Waals surface area (Å²) in [4.78, 5) is 70.9. The lowest BCUT2D eigenvalue weighted by Crippen LogP contribution is -2.58. The highest BCUT2D eigenvalue weighted by Gasteiger charge is 2.62. The maximum atomic E-state index is 14.4. The van der Waals surface area contributed by atoms with Crippen molar-refractivity contribution in [1.29, 1.82) is 0 Å². The number of amides is 5. The molecule has 4 fully saturated rings. The predicted octanol–water partition coefficient (Wildman–Crippen LogP) is 2.90. The average Bonchev–Trinajstić information content (AvgIpc) is 4.03. The van der Waals surface area contributed by atoms with Crippen molar-refractivity contribution >= 4 is 39.9 Å². The highest BCUT2D eigenvalue weighted by Crippen LogP contribution is 2.46. The molecular formula is C35H44FN5O9S. The molecule has 1 aromatic carbocycles. The van der Waals surface area contributed by atoms with Gasteiger partial charge < -0.3 is 25.0 Å². The second kappa shape index (κ2) is 13.4. The number of alkyl carbamates (subject to hydrolysis) is 1. The topological polar surface area (TPSA) is 181 Å². The van der Waals surface area contributed by atoms with E-state index in [0.717, 1.165) is 12.8 Å². The third kappa shape index (κ3) is 7.56. The summed E-state index contributed by atoms with van der Waals surface area (Å²) in [6.07, 6.45) is 6.70. The van der Waals surface area contributed by atoms with Gasteiger partial charge in [-0.25, -0.2) is 22.4 Å². The highest BCUT2D eigenvalue weighted by atomic mass is 32.2. The summed E-state index contributed by atoms with van der Waals surface area (Å²) in [5.74, 6) is -3.02. The van der Waals surface area contributed by atoms with Crippen molar-refractivity contribution in [3.05, 3.63) is 47.3 Å². The fraction of sp³-hybridized carbons (Fsp3) is 0.629. The molecule has 3 aliphatic heterocycles. The number of carbonyl (C=O) groups excluding carboxylic acids is 5. The summed E-state index contributed by atoms with van der Waals surface area (Å²) in [6, 6.07) is 2.35. The van der Waals surface area contributed by atoms with Gasteiger partial charge in [0, 0.05) is 24.4 Å². The first-order valence-electron chi connectivity index (χ1n) is 17.8. The molecule has 5 amide bonds. The van der Waals surface area contributed by atoms with E-state index >= 15 is 0 Å². The largest absolute Gasteiger partial charge is 0.444 e. The van der Waals surface area contributed by atoms with Gasteiger partial charge in [0.05, 0.1) is 18.3 Å². The molecular weight excluding hydrogens is 685 g/mol. The lowest BCUT2D eigenvalue weighted by atomic mass is 10.0. The number of carbonyl (C=O) groups is 5. The Morgan fingerprint density at radius 1 is 1.06 bits per heavy atom. The van der Waals surface area contributed by atoms with E-state index in [9.17, 15) is 36.8 Å². The molecule has 3 heterocycles. The third-order valence-corrected chi connectivity index (χ3v) is 12.7. The van der Waals surface area contributed by atoms with Crippen molar-refractivity contribution in [3.63, 3.8) is 0 Å². The summed E-state index contributed by atoms with van der Waals surface area (Å²) in [7, 11) is -3.91. The van der Waals surface area contributed by atoms with Gasteiger partial charge >= 0.3 is 12.2 Å². The van der Waals surface area contributed by atoms with Crippen molar-refractivity contribution in [1.82, 2.24) is 25.2 Å². The molecule has 5 atom stereocenters. The predicted molar refractivity (Wildman–Crippen MR) is 178 cm³/mol. The van der Waals surface area contributed by atoms with Crippen LogP contribution in [0.1, 0.15) is 88.7 Å². The van der Waals surface area contributed by atoms with Crippen LogP contribution in [0, 0.1) is 11.7 Å². The van der Waals surface area contributed by atoms with Crippen LogP contribution in [-0.4, -0.2) is 89.2 Å². The molecule has 0 bridgehead atoms. The van der Waals surface area contributed by atoms with Gasteiger partial charge in [0.15, 0.2) is 0 Å². The van der Waals surface area contributed by atoms with E-state index in [2.05, 4.69) is 15.4 Å². The van der Waals surface area contributed by atoms with E-state index in [1.165, 1.54) is 15.9 Å². The molecule has 0 radical (unpaired) electrons. The van der Waals surface area contributed by atoms with Gasteiger partial charge in [-0.3, -0.25) is 24.0 Å². The van der Waals surface area contributed by atoms with Gasteiger partial charge in [0.1, 0.15) is 35.1 Å². The minimum Gasteiger partial charge on any atom is -0.444 e. The summed E-state index contributed by atoms with van der Waals surface area (Å²) < 4.78 is 53.4. The average molecular weight is 730 g/mol. The highest BCUT2D eigenvalue weighted by molar-refractivity contribution is 7.91. The SMILES string of the molecule is CC1(OC(=O)N[C@H]2CCCCC/C=C\[C@@H]3C[C@@]3(C(=O)NS(=O)(=O)C3CC3)NC(=O)[C@@H]3C[C@@H](OC(=O)N4Cc5cccc(F)c5C4)CN3C2=O)CC1. The second-order valence-electron chi connectivity index (χ2n) is 15.0. The van der Waals surface area contributed by atoms with Crippen molar-refractivity contribution < 1.29 is 46.3 Å². The molecule has 3 saturated carbocycles. The number of allylic oxidation sites excluding steroid dienone is 1. The first kappa shape index (κ1) is 35.2. The first-order valence-corrected chi connectivity index (χ1v) is 19.4. The normalized spacial score (nSPS) is 30.7. The number of hydrogen-bond donors (Lipinski definition) is 3. The van der Waals surface area contributed by atoms with Crippen LogP contribution < -0.4 is 15.4 Å². The zero-order valence-electron chi connectivity index (χ0n) is 28.5. The molecule has 1 aromatic rings. The van der Waals surface area contributed by atoms with Gasteiger partial charge in [0.2, 0.25) is 21.8 Å². The fourth-order valence-electron chi connectivity index (χ4n) is 7.25. The monoisotopic (exact) mass is 729 g/mol. The Morgan fingerprint density at radius 3 is 2.57 bits per heavy atom. The lowest BCUT2D eigenvalue weighted by Gasteiger charge is -2.30.